The lowest BCUT2D eigenvalue weighted by molar-refractivity contribution is 0.219. The molecule has 0 spiro atoms. The third-order valence-electron chi connectivity index (χ3n) is 3.83. The molecule has 1 unspecified atom stereocenters. The Hall–Kier alpha value is -1.95. The first-order valence-corrected chi connectivity index (χ1v) is 7.51. The molecule has 2 aromatic carbocycles. The Balaban J connectivity index is 1.90. The number of nitrogens with zero attached hydrogens (tertiary/aromatic N) is 2. The van der Waals surface area contributed by atoms with E-state index in [2.05, 4.69) is 15.9 Å². The summed E-state index contributed by atoms with van der Waals surface area (Å²) in [5.41, 5.74) is 1.35. The highest BCUT2D eigenvalue weighted by atomic mass is 79.9. The summed E-state index contributed by atoms with van der Waals surface area (Å²) in [7, 11) is 1.69. The lowest BCUT2D eigenvalue weighted by atomic mass is 10.1. The van der Waals surface area contributed by atoms with Gasteiger partial charge in [-0.2, -0.15) is 0 Å². The molecule has 3 nitrogen and oxygen atoms in total. The summed E-state index contributed by atoms with van der Waals surface area (Å²) in [4.78, 5) is 15.5. The third kappa shape index (κ3) is 2.59. The second kappa shape index (κ2) is 5.68. The quantitative estimate of drug-likeness (QED) is 0.775. The van der Waals surface area contributed by atoms with E-state index in [1.165, 1.54) is 23.1 Å². The molecular formula is C16H13BrF2N2O. The van der Waals surface area contributed by atoms with E-state index < -0.39 is 5.82 Å². The van der Waals surface area contributed by atoms with Gasteiger partial charge in [-0.3, -0.25) is 4.90 Å². The fourth-order valence-corrected chi connectivity index (χ4v) is 2.83. The van der Waals surface area contributed by atoms with Crippen LogP contribution in [0.1, 0.15) is 11.6 Å². The average Bonchev–Trinajstić information content (AvgIpc) is 2.79. The molecule has 0 radical (unpaired) electrons. The zero-order chi connectivity index (χ0) is 15.9. The first kappa shape index (κ1) is 15.0. The number of anilines is 1. The van der Waals surface area contributed by atoms with Crippen molar-refractivity contribution < 1.29 is 13.6 Å². The molecule has 1 fully saturated rings. The van der Waals surface area contributed by atoms with Crippen molar-refractivity contribution in [2.24, 2.45) is 0 Å². The van der Waals surface area contributed by atoms with Crippen molar-refractivity contribution in [2.45, 2.75) is 6.04 Å². The first-order chi connectivity index (χ1) is 10.5. The van der Waals surface area contributed by atoms with Crippen molar-refractivity contribution in [1.29, 1.82) is 0 Å². The largest absolute Gasteiger partial charge is 0.324 e. The number of benzene rings is 2. The predicted octanol–water partition coefficient (Wildman–Crippen LogP) is 4.34. The second-order valence-electron chi connectivity index (χ2n) is 5.17. The molecule has 22 heavy (non-hydrogen) atoms. The highest BCUT2D eigenvalue weighted by Gasteiger charge is 2.36. The molecule has 0 bridgehead atoms. The van der Waals surface area contributed by atoms with Crippen LogP contribution in [0.3, 0.4) is 0 Å². The fourth-order valence-electron chi connectivity index (χ4n) is 2.58. The number of urea groups is 1. The molecule has 1 saturated heterocycles. The molecule has 1 heterocycles. The number of hydrogen-bond acceptors (Lipinski definition) is 1. The summed E-state index contributed by atoms with van der Waals surface area (Å²) in [6.07, 6.45) is 0. The molecule has 2 aromatic rings. The molecular weight excluding hydrogens is 354 g/mol. The van der Waals surface area contributed by atoms with Gasteiger partial charge in [-0.1, -0.05) is 12.1 Å². The number of carbonyl (C=O) groups excluding carboxylic acids is 1. The van der Waals surface area contributed by atoms with Gasteiger partial charge in [0.05, 0.1) is 17.1 Å². The van der Waals surface area contributed by atoms with Crippen LogP contribution in [0.5, 0.6) is 0 Å². The summed E-state index contributed by atoms with van der Waals surface area (Å²) in [5, 5.41) is 0. The SMILES string of the molecule is CN1C(=O)N(c2ccc(Br)c(F)c2)CC1c1ccc(F)cc1. The summed E-state index contributed by atoms with van der Waals surface area (Å²) < 4.78 is 27.1. The standard InChI is InChI=1S/C16H13BrF2N2O/c1-20-15(10-2-4-11(18)5-3-10)9-21(16(20)22)12-6-7-13(17)14(19)8-12/h2-8,15H,9H2,1H3. The van der Waals surface area contributed by atoms with Crippen LogP contribution >= 0.6 is 15.9 Å². The van der Waals surface area contributed by atoms with Gasteiger partial charge >= 0.3 is 6.03 Å². The van der Waals surface area contributed by atoms with Gasteiger partial charge < -0.3 is 4.90 Å². The van der Waals surface area contributed by atoms with Gasteiger partial charge in [-0.05, 0) is 51.8 Å². The lowest BCUT2D eigenvalue weighted by Gasteiger charge is -2.17. The molecule has 1 atom stereocenters. The van der Waals surface area contributed by atoms with Crippen LogP contribution in [-0.4, -0.2) is 24.5 Å². The van der Waals surface area contributed by atoms with Gasteiger partial charge in [0.25, 0.3) is 0 Å². The zero-order valence-electron chi connectivity index (χ0n) is 11.8. The molecule has 0 aromatic heterocycles. The second-order valence-corrected chi connectivity index (χ2v) is 6.02. The van der Waals surface area contributed by atoms with Gasteiger partial charge in [0.2, 0.25) is 0 Å². The van der Waals surface area contributed by atoms with Gasteiger partial charge in [0.15, 0.2) is 0 Å². The number of carbonyl (C=O) groups is 1. The normalized spacial score (nSPS) is 18.2. The summed E-state index contributed by atoms with van der Waals surface area (Å²) >= 11 is 3.10. The number of hydrogen-bond donors (Lipinski definition) is 0. The van der Waals surface area contributed by atoms with E-state index in [1.54, 1.807) is 36.2 Å². The molecule has 6 heteroatoms. The van der Waals surface area contributed by atoms with E-state index in [4.69, 9.17) is 0 Å². The minimum atomic E-state index is -0.418. The minimum absolute atomic E-state index is 0.195. The van der Waals surface area contributed by atoms with Crippen LogP contribution in [0.15, 0.2) is 46.9 Å². The third-order valence-corrected chi connectivity index (χ3v) is 4.47. The first-order valence-electron chi connectivity index (χ1n) is 6.72. The van der Waals surface area contributed by atoms with E-state index in [0.717, 1.165) is 5.56 Å². The maximum Gasteiger partial charge on any atom is 0.324 e. The Kier molecular flexibility index (Phi) is 3.87. The summed E-state index contributed by atoms with van der Waals surface area (Å²) in [6.45, 7) is 0.391. The Bertz CT molecular complexity index is 721. The van der Waals surface area contributed by atoms with Gasteiger partial charge in [-0.15, -0.1) is 0 Å². The van der Waals surface area contributed by atoms with Crippen molar-refractivity contribution in [1.82, 2.24) is 4.90 Å². The van der Waals surface area contributed by atoms with Crippen molar-refractivity contribution in [3.8, 4) is 0 Å². The molecule has 0 aliphatic carbocycles. The lowest BCUT2D eigenvalue weighted by Crippen LogP contribution is -2.29. The highest BCUT2D eigenvalue weighted by Crippen LogP contribution is 2.33. The molecule has 0 N–H and O–H groups in total. The van der Waals surface area contributed by atoms with E-state index in [0.29, 0.717) is 16.7 Å². The number of likely N-dealkylation sites (N-methyl/N-ethyl adjacent to an activating group) is 1. The molecule has 1 aliphatic heterocycles. The van der Waals surface area contributed by atoms with E-state index in [-0.39, 0.29) is 17.9 Å². The zero-order valence-corrected chi connectivity index (χ0v) is 13.3. The number of amides is 2. The van der Waals surface area contributed by atoms with E-state index >= 15 is 0 Å². The molecule has 0 saturated carbocycles. The van der Waals surface area contributed by atoms with Crippen LogP contribution in [0, 0.1) is 11.6 Å². The van der Waals surface area contributed by atoms with E-state index in [9.17, 15) is 13.6 Å². The summed E-state index contributed by atoms with van der Waals surface area (Å²) in [6, 6.07) is 10.2. The number of rotatable bonds is 2. The molecule has 114 valence electrons. The van der Waals surface area contributed by atoms with Gasteiger partial charge in [0.1, 0.15) is 11.6 Å². The summed E-state index contributed by atoms with van der Waals surface area (Å²) in [5.74, 6) is -0.735. The Morgan fingerprint density at radius 3 is 2.45 bits per heavy atom. The topological polar surface area (TPSA) is 23.6 Å². The van der Waals surface area contributed by atoms with Crippen molar-refractivity contribution >= 4 is 27.6 Å². The Morgan fingerprint density at radius 1 is 1.14 bits per heavy atom. The Labute approximate surface area is 135 Å². The molecule has 3 rings (SSSR count). The average molecular weight is 367 g/mol. The predicted molar refractivity (Wildman–Crippen MR) is 83.7 cm³/mol. The van der Waals surface area contributed by atoms with E-state index in [1.807, 2.05) is 0 Å². The maximum atomic E-state index is 13.7. The Morgan fingerprint density at radius 2 is 1.82 bits per heavy atom. The van der Waals surface area contributed by atoms with Gasteiger partial charge in [0, 0.05) is 12.7 Å². The van der Waals surface area contributed by atoms with Crippen LogP contribution in [0.4, 0.5) is 19.3 Å². The highest BCUT2D eigenvalue weighted by molar-refractivity contribution is 9.10. The van der Waals surface area contributed by atoms with Crippen molar-refractivity contribution in [2.75, 3.05) is 18.5 Å². The number of halogens is 3. The van der Waals surface area contributed by atoms with Crippen LogP contribution in [-0.2, 0) is 0 Å². The smallest absolute Gasteiger partial charge is 0.319 e. The molecule has 2 amide bonds. The maximum absolute atomic E-state index is 13.7. The monoisotopic (exact) mass is 366 g/mol. The van der Waals surface area contributed by atoms with Crippen LogP contribution in [0.2, 0.25) is 0 Å². The minimum Gasteiger partial charge on any atom is -0.319 e. The fraction of sp³-hybridized carbons (Fsp3) is 0.188. The van der Waals surface area contributed by atoms with Crippen molar-refractivity contribution in [3.05, 3.63) is 64.1 Å². The van der Waals surface area contributed by atoms with Gasteiger partial charge in [-0.25, -0.2) is 13.6 Å². The van der Waals surface area contributed by atoms with Crippen LogP contribution < -0.4 is 4.90 Å². The van der Waals surface area contributed by atoms with Crippen LogP contribution in [0.25, 0.3) is 0 Å². The molecule has 1 aliphatic rings. The van der Waals surface area contributed by atoms with Crippen molar-refractivity contribution in [3.63, 3.8) is 0 Å².